The molecule has 1 aromatic rings. The van der Waals surface area contributed by atoms with Gasteiger partial charge in [0.15, 0.2) is 11.5 Å². The van der Waals surface area contributed by atoms with Gasteiger partial charge in [0.2, 0.25) is 0 Å². The number of rotatable bonds is 0. The number of amidine groups is 1. The van der Waals surface area contributed by atoms with Crippen molar-refractivity contribution in [2.75, 3.05) is 26.4 Å². The molecule has 4 heterocycles. The van der Waals surface area contributed by atoms with Gasteiger partial charge in [0, 0.05) is 23.9 Å². The molecule has 4 aliphatic heterocycles. The minimum Gasteiger partial charge on any atom is -0.491 e. The fourth-order valence-electron chi connectivity index (χ4n) is 5.00. The lowest BCUT2D eigenvalue weighted by Crippen LogP contribution is -2.38. The lowest BCUT2D eigenvalue weighted by Gasteiger charge is -2.26. The van der Waals surface area contributed by atoms with E-state index in [-0.39, 0.29) is 5.41 Å². The van der Waals surface area contributed by atoms with Crippen LogP contribution < -0.4 is 14.2 Å². The third-order valence-electron chi connectivity index (χ3n) is 6.14. The van der Waals surface area contributed by atoms with E-state index in [1.165, 1.54) is 16.8 Å². The van der Waals surface area contributed by atoms with E-state index >= 15 is 0 Å². The number of ether oxygens (including phenoxy) is 3. The van der Waals surface area contributed by atoms with Crippen molar-refractivity contribution >= 4 is 5.84 Å². The summed E-state index contributed by atoms with van der Waals surface area (Å²) in [6, 6.07) is 4.43. The fraction of sp³-hybridized carbons (Fsp3) is 0.476. The van der Waals surface area contributed by atoms with E-state index in [2.05, 4.69) is 37.0 Å². The molecule has 0 bridgehead atoms. The zero-order chi connectivity index (χ0) is 17.5. The largest absolute Gasteiger partial charge is 0.491 e. The summed E-state index contributed by atoms with van der Waals surface area (Å²) in [7, 11) is 0. The summed E-state index contributed by atoms with van der Waals surface area (Å²) in [6.45, 7) is 7.20. The van der Waals surface area contributed by atoms with Gasteiger partial charge in [0.05, 0.1) is 6.04 Å². The maximum absolute atomic E-state index is 6.21. The molecule has 1 spiro atoms. The Hall–Kier alpha value is -2.43. The van der Waals surface area contributed by atoms with E-state index in [4.69, 9.17) is 19.2 Å². The Labute approximate surface area is 152 Å². The molecule has 3 atom stereocenters. The smallest absolute Gasteiger partial charge is 0.165 e. The first-order chi connectivity index (χ1) is 12.7. The second-order valence-electron chi connectivity index (χ2n) is 7.98. The maximum Gasteiger partial charge on any atom is 0.165 e. The topological polar surface area (TPSA) is 43.3 Å². The summed E-state index contributed by atoms with van der Waals surface area (Å²) in [4.78, 5) is 7.47. The van der Waals surface area contributed by atoms with E-state index in [0.717, 1.165) is 36.0 Å². The number of hydrogen-bond acceptors (Lipinski definition) is 5. The van der Waals surface area contributed by atoms with Crippen molar-refractivity contribution < 1.29 is 14.2 Å². The number of allylic oxidation sites excluding steroid dienone is 3. The molecule has 5 aliphatic rings. The van der Waals surface area contributed by atoms with E-state index in [0.29, 0.717) is 31.8 Å². The molecule has 0 N–H and O–H groups in total. The molecule has 5 nitrogen and oxygen atoms in total. The van der Waals surface area contributed by atoms with Crippen LogP contribution in [0.5, 0.6) is 17.2 Å². The Morgan fingerprint density at radius 1 is 1.08 bits per heavy atom. The standard InChI is InChI=1S/C21H22N2O3/c1-12-3-4-14-16(7-12)23-10-13(2)22-20(23)21(14)11-26-17-9-19-18(8-15(17)21)24-5-6-25-19/h4,7-9,12-13H,3,5-6,10-11H2,1-2H3. The zero-order valence-corrected chi connectivity index (χ0v) is 15.1. The molecular weight excluding hydrogens is 328 g/mol. The molecule has 5 heteroatoms. The van der Waals surface area contributed by atoms with Gasteiger partial charge < -0.3 is 19.1 Å². The molecule has 1 fully saturated rings. The number of fused-ring (bicyclic) bond motifs is 8. The number of nitrogens with zero attached hydrogens (tertiary/aromatic N) is 2. The highest BCUT2D eigenvalue weighted by Gasteiger charge is 2.59. The molecule has 1 aromatic carbocycles. The van der Waals surface area contributed by atoms with Crippen molar-refractivity contribution in [1.29, 1.82) is 0 Å². The summed E-state index contributed by atoms with van der Waals surface area (Å²) in [5.74, 6) is 4.21. The molecule has 134 valence electrons. The third-order valence-corrected chi connectivity index (χ3v) is 6.14. The first kappa shape index (κ1) is 14.7. The van der Waals surface area contributed by atoms with E-state index in [1.807, 2.05) is 6.07 Å². The molecule has 1 aliphatic carbocycles. The van der Waals surface area contributed by atoms with E-state index < -0.39 is 0 Å². The van der Waals surface area contributed by atoms with Crippen molar-refractivity contribution in [2.24, 2.45) is 10.9 Å². The van der Waals surface area contributed by atoms with Crippen LogP contribution in [0.3, 0.4) is 0 Å². The molecular formula is C21H22N2O3. The Bertz CT molecular complexity index is 916. The summed E-state index contributed by atoms with van der Waals surface area (Å²) in [5.41, 5.74) is 3.56. The van der Waals surface area contributed by atoms with Crippen LogP contribution in [0.1, 0.15) is 25.8 Å². The van der Waals surface area contributed by atoms with Gasteiger partial charge in [0.1, 0.15) is 36.8 Å². The minimum absolute atomic E-state index is 0.304. The van der Waals surface area contributed by atoms with Crippen LogP contribution in [-0.4, -0.2) is 43.1 Å². The van der Waals surface area contributed by atoms with Crippen molar-refractivity contribution in [3.05, 3.63) is 41.1 Å². The fourth-order valence-corrected chi connectivity index (χ4v) is 5.00. The number of benzene rings is 1. The second-order valence-corrected chi connectivity index (χ2v) is 7.98. The number of aliphatic imine (C=N–C) groups is 1. The maximum atomic E-state index is 6.21. The summed E-state index contributed by atoms with van der Waals surface area (Å²) in [5, 5.41) is 0. The van der Waals surface area contributed by atoms with Crippen molar-refractivity contribution in [2.45, 2.75) is 31.7 Å². The first-order valence-electron chi connectivity index (χ1n) is 9.52. The summed E-state index contributed by atoms with van der Waals surface area (Å²) >= 11 is 0. The highest BCUT2D eigenvalue weighted by atomic mass is 16.6. The Kier molecular flexibility index (Phi) is 2.74. The van der Waals surface area contributed by atoms with Gasteiger partial charge in [-0.2, -0.15) is 0 Å². The highest BCUT2D eigenvalue weighted by Crippen LogP contribution is 2.57. The summed E-state index contributed by atoms with van der Waals surface area (Å²) < 4.78 is 17.8. The number of hydrogen-bond donors (Lipinski definition) is 0. The SMILES string of the molecule is CC1C=C2C(=CC1)C1(COc3cc4c(cc31)OCCO4)C1=NC(C)CN21. The van der Waals surface area contributed by atoms with Crippen LogP contribution in [0.25, 0.3) is 0 Å². The average molecular weight is 350 g/mol. The van der Waals surface area contributed by atoms with Gasteiger partial charge in [-0.1, -0.05) is 19.1 Å². The van der Waals surface area contributed by atoms with Crippen molar-refractivity contribution in [3.63, 3.8) is 0 Å². The quantitative estimate of drug-likeness (QED) is 0.721. The predicted molar refractivity (Wildman–Crippen MR) is 98.2 cm³/mol. The van der Waals surface area contributed by atoms with E-state index in [1.54, 1.807) is 0 Å². The van der Waals surface area contributed by atoms with Crippen LogP contribution in [-0.2, 0) is 5.41 Å². The average Bonchev–Trinajstić information content (AvgIpc) is 3.27. The van der Waals surface area contributed by atoms with Crippen molar-refractivity contribution in [1.82, 2.24) is 4.90 Å². The summed E-state index contributed by atoms with van der Waals surface area (Å²) in [6.07, 6.45) is 5.88. The van der Waals surface area contributed by atoms with Crippen LogP contribution >= 0.6 is 0 Å². The first-order valence-corrected chi connectivity index (χ1v) is 9.52. The van der Waals surface area contributed by atoms with E-state index in [9.17, 15) is 0 Å². The van der Waals surface area contributed by atoms with Gasteiger partial charge in [0.25, 0.3) is 0 Å². The molecule has 0 amide bonds. The zero-order valence-electron chi connectivity index (χ0n) is 15.1. The van der Waals surface area contributed by atoms with Crippen LogP contribution in [0, 0.1) is 5.92 Å². The lowest BCUT2D eigenvalue weighted by atomic mass is 9.74. The molecule has 0 aromatic heterocycles. The predicted octanol–water partition coefficient (Wildman–Crippen LogP) is 3.05. The van der Waals surface area contributed by atoms with Gasteiger partial charge in [-0.3, -0.25) is 4.99 Å². The van der Waals surface area contributed by atoms with Crippen LogP contribution in [0.2, 0.25) is 0 Å². The molecule has 6 rings (SSSR count). The Balaban J connectivity index is 1.59. The lowest BCUT2D eigenvalue weighted by molar-refractivity contribution is 0.171. The van der Waals surface area contributed by atoms with Gasteiger partial charge in [-0.25, -0.2) is 0 Å². The van der Waals surface area contributed by atoms with Gasteiger partial charge in [-0.05, 0) is 30.9 Å². The molecule has 1 saturated heterocycles. The third kappa shape index (κ3) is 1.69. The van der Waals surface area contributed by atoms with Gasteiger partial charge in [-0.15, -0.1) is 0 Å². The van der Waals surface area contributed by atoms with Crippen molar-refractivity contribution in [3.8, 4) is 17.2 Å². The highest BCUT2D eigenvalue weighted by molar-refractivity contribution is 6.05. The van der Waals surface area contributed by atoms with Gasteiger partial charge >= 0.3 is 0 Å². The van der Waals surface area contributed by atoms with Crippen LogP contribution in [0.4, 0.5) is 0 Å². The normalized spacial score (nSPS) is 33.2. The van der Waals surface area contributed by atoms with Crippen LogP contribution in [0.15, 0.2) is 40.5 Å². The molecule has 0 saturated carbocycles. The Morgan fingerprint density at radius 3 is 2.73 bits per heavy atom. The minimum atomic E-state index is -0.304. The monoisotopic (exact) mass is 350 g/mol. The molecule has 26 heavy (non-hydrogen) atoms. The molecule has 0 radical (unpaired) electrons. The Morgan fingerprint density at radius 2 is 1.88 bits per heavy atom. The molecule has 3 unspecified atom stereocenters. The second kappa shape index (κ2) is 4.84.